The summed E-state index contributed by atoms with van der Waals surface area (Å²) in [5, 5.41) is 3.06. The van der Waals surface area contributed by atoms with Gasteiger partial charge in [0.1, 0.15) is 23.3 Å². The van der Waals surface area contributed by atoms with Crippen molar-refractivity contribution >= 4 is 42.6 Å². The number of benzene rings is 2. The molecule has 222 valence electrons. The lowest BCUT2D eigenvalue weighted by molar-refractivity contribution is -0.0609. The average molecular weight is 610 g/mol. The minimum atomic E-state index is -3.79. The van der Waals surface area contributed by atoms with E-state index >= 15 is 0 Å². The Hall–Kier alpha value is -3.04. The van der Waals surface area contributed by atoms with E-state index in [1.807, 2.05) is 0 Å². The second-order valence-corrected chi connectivity index (χ2v) is 14.2. The number of carbonyl (C=O) groups excluding carboxylic acids is 1. The predicted octanol–water partition coefficient (Wildman–Crippen LogP) is 2.87. The van der Waals surface area contributed by atoms with Crippen molar-refractivity contribution in [3.05, 3.63) is 53.3 Å². The molecule has 0 unspecified atom stereocenters. The molecule has 11 nitrogen and oxygen atoms in total. The van der Waals surface area contributed by atoms with Crippen LogP contribution in [0.25, 0.3) is 22.3 Å². The third kappa shape index (κ3) is 5.97. The van der Waals surface area contributed by atoms with Crippen molar-refractivity contribution in [2.45, 2.75) is 31.7 Å². The molecule has 0 saturated carbocycles. The molecule has 3 heterocycles. The number of ether oxygens (including phenoxy) is 2. The van der Waals surface area contributed by atoms with Crippen LogP contribution in [0.4, 0.5) is 10.1 Å². The second-order valence-electron chi connectivity index (χ2n) is 10.4. The first-order chi connectivity index (χ1) is 19.3. The molecule has 2 aromatic carbocycles. The van der Waals surface area contributed by atoms with Gasteiger partial charge in [0.2, 0.25) is 20.0 Å². The molecule has 5 rings (SSSR count). The molecule has 1 amide bonds. The van der Waals surface area contributed by atoms with Gasteiger partial charge in [-0.05, 0) is 43.7 Å². The van der Waals surface area contributed by atoms with E-state index in [4.69, 9.17) is 13.9 Å². The molecule has 1 aromatic heterocycles. The van der Waals surface area contributed by atoms with Crippen molar-refractivity contribution in [2.24, 2.45) is 0 Å². The first kappa shape index (κ1) is 29.5. The van der Waals surface area contributed by atoms with Gasteiger partial charge in [-0.25, -0.2) is 21.2 Å². The summed E-state index contributed by atoms with van der Waals surface area (Å²) >= 11 is 0. The van der Waals surface area contributed by atoms with Crippen LogP contribution >= 0.6 is 0 Å². The number of carbonyl (C=O) groups is 1. The van der Waals surface area contributed by atoms with Crippen molar-refractivity contribution in [1.82, 2.24) is 9.62 Å². The molecular weight excluding hydrogens is 577 g/mol. The van der Waals surface area contributed by atoms with Crippen molar-refractivity contribution in [1.29, 1.82) is 0 Å². The van der Waals surface area contributed by atoms with E-state index < -0.39 is 44.0 Å². The van der Waals surface area contributed by atoms with Gasteiger partial charge in [0, 0.05) is 42.7 Å². The first-order valence-electron chi connectivity index (χ1n) is 13.0. The van der Waals surface area contributed by atoms with E-state index in [2.05, 4.69) is 5.32 Å². The van der Waals surface area contributed by atoms with Crippen molar-refractivity contribution in [2.75, 3.05) is 50.1 Å². The molecule has 1 fully saturated rings. The Balaban J connectivity index is 1.51. The number of amides is 1. The lowest BCUT2D eigenvalue weighted by Gasteiger charge is -2.25. The number of rotatable bonds is 7. The van der Waals surface area contributed by atoms with Crippen LogP contribution in [0.2, 0.25) is 0 Å². The molecule has 0 bridgehead atoms. The number of nitrogens with zero attached hydrogens (tertiary/aromatic N) is 2. The quantitative estimate of drug-likeness (QED) is 0.432. The number of anilines is 1. The first-order valence-corrected chi connectivity index (χ1v) is 16.7. The molecule has 0 spiro atoms. The van der Waals surface area contributed by atoms with Crippen LogP contribution in [0.1, 0.15) is 35.4 Å². The number of halogens is 1. The summed E-state index contributed by atoms with van der Waals surface area (Å²) in [6.07, 6.45) is 1.20. The summed E-state index contributed by atoms with van der Waals surface area (Å²) < 4.78 is 84.3. The predicted molar refractivity (Wildman–Crippen MR) is 151 cm³/mol. The van der Waals surface area contributed by atoms with Crippen molar-refractivity contribution in [3.8, 4) is 11.3 Å². The highest BCUT2D eigenvalue weighted by Gasteiger charge is 2.35. The molecular formula is C27H32FN3O8S2. The number of furan rings is 1. The van der Waals surface area contributed by atoms with Crippen LogP contribution in [-0.2, 0) is 29.5 Å². The molecule has 0 radical (unpaired) electrons. The maximum Gasteiger partial charge on any atom is 0.255 e. The molecule has 2 aliphatic rings. The largest absolute Gasteiger partial charge is 0.455 e. The second kappa shape index (κ2) is 11.0. The Bertz CT molecular complexity index is 1690. The van der Waals surface area contributed by atoms with Gasteiger partial charge in [0.15, 0.2) is 0 Å². The summed E-state index contributed by atoms with van der Waals surface area (Å²) in [6, 6.07) is 8.80. The molecule has 3 aromatic rings. The maximum absolute atomic E-state index is 13.6. The van der Waals surface area contributed by atoms with Gasteiger partial charge in [0.25, 0.3) is 5.91 Å². The SMILES string of the molecule is CNC(=O)c1c(-c2ccc(F)cc2)oc2cc3c(cc12)[C@H](C)O[C@H](CO[C@@H]1CCN(S(C)(=O)=O)C1)CN3S(C)(=O)=O. The molecule has 3 atom stereocenters. The van der Waals surface area contributed by atoms with E-state index in [0.717, 1.165) is 12.5 Å². The number of fused-ring (bicyclic) bond motifs is 2. The van der Waals surface area contributed by atoms with Crippen molar-refractivity contribution < 1.29 is 39.9 Å². The lowest BCUT2D eigenvalue weighted by atomic mass is 10.0. The van der Waals surface area contributed by atoms with E-state index in [1.165, 1.54) is 39.9 Å². The highest BCUT2D eigenvalue weighted by molar-refractivity contribution is 7.92. The van der Waals surface area contributed by atoms with Crippen LogP contribution in [0.3, 0.4) is 0 Å². The number of sulfonamides is 2. The molecule has 1 saturated heterocycles. The Morgan fingerprint density at radius 1 is 1.10 bits per heavy atom. The van der Waals surface area contributed by atoms with Gasteiger partial charge in [-0.3, -0.25) is 9.10 Å². The van der Waals surface area contributed by atoms with Crippen LogP contribution in [0, 0.1) is 5.82 Å². The maximum atomic E-state index is 13.6. The topological polar surface area (TPSA) is 135 Å². The Morgan fingerprint density at radius 2 is 1.80 bits per heavy atom. The van der Waals surface area contributed by atoms with Crippen LogP contribution in [0.5, 0.6) is 0 Å². The fraction of sp³-hybridized carbons (Fsp3) is 0.444. The molecule has 0 aliphatic carbocycles. The fourth-order valence-corrected chi connectivity index (χ4v) is 7.14. The summed E-state index contributed by atoms with van der Waals surface area (Å²) in [7, 11) is -5.63. The lowest BCUT2D eigenvalue weighted by Crippen LogP contribution is -2.39. The molecule has 1 N–H and O–H groups in total. The van der Waals surface area contributed by atoms with Gasteiger partial charge >= 0.3 is 0 Å². The van der Waals surface area contributed by atoms with Crippen LogP contribution in [0.15, 0.2) is 40.8 Å². The minimum Gasteiger partial charge on any atom is -0.455 e. The van der Waals surface area contributed by atoms with Gasteiger partial charge in [-0.2, -0.15) is 4.31 Å². The van der Waals surface area contributed by atoms with Crippen molar-refractivity contribution in [3.63, 3.8) is 0 Å². The monoisotopic (exact) mass is 609 g/mol. The molecule has 14 heteroatoms. The molecule has 2 aliphatic heterocycles. The number of nitrogens with one attached hydrogen (secondary N) is 1. The third-order valence-corrected chi connectivity index (χ3v) is 9.78. The number of hydrogen-bond donors (Lipinski definition) is 1. The standard InChI is InChI=1S/C27H32FN3O8S2/c1-16-21-11-22-24(39-26(25(22)27(32)29-2)17-5-7-18(28)8-6-17)12-23(21)31(41(4,35)36)14-20(38-16)15-37-19-9-10-30(13-19)40(3,33)34/h5-8,11-12,16,19-20H,9-10,13-15H2,1-4H3,(H,29,32)/t16-,19+,20-/m0/s1. The zero-order valence-corrected chi connectivity index (χ0v) is 24.7. The molecule has 41 heavy (non-hydrogen) atoms. The zero-order valence-electron chi connectivity index (χ0n) is 23.1. The Kier molecular flexibility index (Phi) is 7.89. The van der Waals surface area contributed by atoms with Gasteiger partial charge < -0.3 is 19.2 Å². The number of hydrogen-bond acceptors (Lipinski definition) is 8. The summed E-state index contributed by atoms with van der Waals surface area (Å²) in [4.78, 5) is 13.0. The Morgan fingerprint density at radius 3 is 2.41 bits per heavy atom. The van der Waals surface area contributed by atoms with E-state index in [-0.39, 0.29) is 42.7 Å². The van der Waals surface area contributed by atoms with Gasteiger partial charge in [-0.15, -0.1) is 0 Å². The summed E-state index contributed by atoms with van der Waals surface area (Å²) in [5.74, 6) is -0.631. The summed E-state index contributed by atoms with van der Waals surface area (Å²) in [6.45, 7) is 2.38. The van der Waals surface area contributed by atoms with E-state index in [0.29, 0.717) is 35.2 Å². The smallest absolute Gasteiger partial charge is 0.255 e. The van der Waals surface area contributed by atoms with E-state index in [1.54, 1.807) is 19.1 Å². The third-order valence-electron chi connectivity index (χ3n) is 7.37. The van der Waals surface area contributed by atoms with Gasteiger partial charge in [0.05, 0.1) is 49.1 Å². The average Bonchev–Trinajstić information content (AvgIpc) is 3.50. The van der Waals surface area contributed by atoms with Crippen LogP contribution in [-0.4, -0.2) is 85.1 Å². The van der Waals surface area contributed by atoms with E-state index in [9.17, 15) is 26.0 Å². The zero-order chi connectivity index (χ0) is 29.7. The fourth-order valence-electron chi connectivity index (χ4n) is 5.32. The highest BCUT2D eigenvalue weighted by Crippen LogP contribution is 2.42. The van der Waals surface area contributed by atoms with Gasteiger partial charge in [-0.1, -0.05) is 0 Å². The minimum absolute atomic E-state index is 0.0436. The summed E-state index contributed by atoms with van der Waals surface area (Å²) in [5.41, 5.74) is 1.88. The Labute approximate surface area is 238 Å². The normalized spacial score (nSPS) is 22.1. The van der Waals surface area contributed by atoms with Crippen LogP contribution < -0.4 is 9.62 Å². The highest BCUT2D eigenvalue weighted by atomic mass is 32.2.